The first-order chi connectivity index (χ1) is 14.2. The minimum Gasteiger partial charge on any atom is -0.267 e. The summed E-state index contributed by atoms with van der Waals surface area (Å²) < 4.78 is 1.61. The van der Waals surface area contributed by atoms with E-state index >= 15 is 0 Å². The summed E-state index contributed by atoms with van der Waals surface area (Å²) in [5, 5.41) is 4.55. The second-order valence-corrected chi connectivity index (χ2v) is 6.06. The fourth-order valence-electron chi connectivity index (χ4n) is 2.73. The summed E-state index contributed by atoms with van der Waals surface area (Å²) in [7, 11) is 0. The highest BCUT2D eigenvalue weighted by molar-refractivity contribution is 6.02. The van der Waals surface area contributed by atoms with E-state index in [1.165, 1.54) is 12.4 Å². The third kappa shape index (κ3) is 4.01. The van der Waals surface area contributed by atoms with Crippen molar-refractivity contribution in [1.29, 1.82) is 0 Å². The predicted octanol–water partition coefficient (Wildman–Crippen LogP) is 2.40. The molecule has 0 atom stereocenters. The number of para-hydroxylation sites is 1. The molecule has 4 rings (SSSR count). The molecule has 0 spiro atoms. The van der Waals surface area contributed by atoms with Gasteiger partial charge in [0.15, 0.2) is 0 Å². The SMILES string of the molecule is O=C(NNC(=O)c1cn(-c2ccccc2)nc1-c1cccnc1)c1ccncc1. The largest absolute Gasteiger partial charge is 0.273 e. The Hall–Kier alpha value is -4.33. The number of amides is 2. The van der Waals surface area contributed by atoms with Crippen LogP contribution in [-0.2, 0) is 0 Å². The summed E-state index contributed by atoms with van der Waals surface area (Å²) in [6.07, 6.45) is 7.89. The molecule has 0 saturated carbocycles. The molecule has 0 aliphatic rings. The molecule has 3 heterocycles. The second-order valence-electron chi connectivity index (χ2n) is 6.06. The zero-order valence-electron chi connectivity index (χ0n) is 15.2. The van der Waals surface area contributed by atoms with Gasteiger partial charge >= 0.3 is 0 Å². The molecule has 0 unspecified atom stereocenters. The van der Waals surface area contributed by atoms with Crippen molar-refractivity contribution in [2.75, 3.05) is 0 Å². The first-order valence-electron chi connectivity index (χ1n) is 8.78. The summed E-state index contributed by atoms with van der Waals surface area (Å²) in [5.74, 6) is -0.937. The van der Waals surface area contributed by atoms with E-state index in [1.54, 1.807) is 41.5 Å². The number of aromatic nitrogens is 4. The molecule has 0 aliphatic carbocycles. The van der Waals surface area contributed by atoms with Crippen molar-refractivity contribution in [2.45, 2.75) is 0 Å². The van der Waals surface area contributed by atoms with Crippen molar-refractivity contribution in [3.8, 4) is 16.9 Å². The molecule has 2 N–H and O–H groups in total. The van der Waals surface area contributed by atoms with E-state index in [9.17, 15) is 9.59 Å². The fourth-order valence-corrected chi connectivity index (χ4v) is 2.73. The number of hydrogen-bond donors (Lipinski definition) is 2. The van der Waals surface area contributed by atoms with E-state index in [2.05, 4.69) is 25.9 Å². The highest BCUT2D eigenvalue weighted by Crippen LogP contribution is 2.22. The lowest BCUT2D eigenvalue weighted by atomic mass is 10.1. The average Bonchev–Trinajstić information content (AvgIpc) is 3.25. The van der Waals surface area contributed by atoms with Gasteiger partial charge in [-0.2, -0.15) is 5.10 Å². The van der Waals surface area contributed by atoms with Gasteiger partial charge in [0.25, 0.3) is 11.8 Å². The molecule has 8 nitrogen and oxygen atoms in total. The smallest absolute Gasteiger partial charge is 0.267 e. The lowest BCUT2D eigenvalue weighted by Crippen LogP contribution is -2.41. The van der Waals surface area contributed by atoms with Crippen LogP contribution in [0.4, 0.5) is 0 Å². The zero-order chi connectivity index (χ0) is 20.1. The van der Waals surface area contributed by atoms with E-state index in [-0.39, 0.29) is 0 Å². The Bertz CT molecular complexity index is 1130. The molecule has 29 heavy (non-hydrogen) atoms. The maximum absolute atomic E-state index is 12.8. The van der Waals surface area contributed by atoms with Crippen molar-refractivity contribution in [3.05, 3.63) is 96.7 Å². The number of benzene rings is 1. The lowest BCUT2D eigenvalue weighted by molar-refractivity contribution is 0.0847. The van der Waals surface area contributed by atoms with E-state index in [4.69, 9.17) is 0 Å². The van der Waals surface area contributed by atoms with Gasteiger partial charge in [0, 0.05) is 42.1 Å². The summed E-state index contributed by atoms with van der Waals surface area (Å²) in [4.78, 5) is 32.9. The summed E-state index contributed by atoms with van der Waals surface area (Å²) in [6.45, 7) is 0. The highest BCUT2D eigenvalue weighted by Gasteiger charge is 2.19. The molecular formula is C21H16N6O2. The normalized spacial score (nSPS) is 10.3. The Labute approximate surface area is 166 Å². The predicted molar refractivity (Wildman–Crippen MR) is 106 cm³/mol. The third-order valence-electron chi connectivity index (χ3n) is 4.15. The van der Waals surface area contributed by atoms with Gasteiger partial charge in [0.05, 0.1) is 11.3 Å². The van der Waals surface area contributed by atoms with Crippen LogP contribution in [-0.4, -0.2) is 31.6 Å². The van der Waals surface area contributed by atoms with Crippen molar-refractivity contribution < 1.29 is 9.59 Å². The van der Waals surface area contributed by atoms with Gasteiger partial charge in [-0.05, 0) is 36.4 Å². The van der Waals surface area contributed by atoms with Crippen LogP contribution in [0, 0.1) is 0 Å². The highest BCUT2D eigenvalue weighted by atomic mass is 16.2. The Balaban J connectivity index is 1.62. The first-order valence-corrected chi connectivity index (χ1v) is 8.78. The fraction of sp³-hybridized carbons (Fsp3) is 0. The molecule has 142 valence electrons. The molecule has 0 saturated heterocycles. The van der Waals surface area contributed by atoms with E-state index in [0.29, 0.717) is 22.4 Å². The maximum Gasteiger partial charge on any atom is 0.273 e. The van der Waals surface area contributed by atoms with Gasteiger partial charge in [-0.25, -0.2) is 4.68 Å². The monoisotopic (exact) mass is 384 g/mol. The van der Waals surface area contributed by atoms with Crippen LogP contribution in [0.1, 0.15) is 20.7 Å². The maximum atomic E-state index is 12.8. The Morgan fingerprint density at radius 3 is 2.28 bits per heavy atom. The summed E-state index contributed by atoms with van der Waals surface area (Å²) >= 11 is 0. The second kappa shape index (κ2) is 8.13. The molecule has 3 aromatic heterocycles. The van der Waals surface area contributed by atoms with Crippen LogP contribution in [0.2, 0.25) is 0 Å². The molecule has 8 heteroatoms. The Morgan fingerprint density at radius 2 is 1.55 bits per heavy atom. The molecule has 0 bridgehead atoms. The topological polar surface area (TPSA) is 102 Å². The lowest BCUT2D eigenvalue weighted by Gasteiger charge is -2.07. The quantitative estimate of drug-likeness (QED) is 0.526. The molecular weight excluding hydrogens is 368 g/mol. The van der Waals surface area contributed by atoms with E-state index < -0.39 is 11.8 Å². The summed E-state index contributed by atoms with van der Waals surface area (Å²) in [5.41, 5.74) is 7.48. The van der Waals surface area contributed by atoms with Crippen molar-refractivity contribution in [1.82, 2.24) is 30.6 Å². The van der Waals surface area contributed by atoms with Gasteiger partial charge in [0.1, 0.15) is 5.69 Å². The van der Waals surface area contributed by atoms with Crippen LogP contribution in [0.5, 0.6) is 0 Å². The van der Waals surface area contributed by atoms with Crippen LogP contribution in [0.25, 0.3) is 16.9 Å². The van der Waals surface area contributed by atoms with E-state index in [1.807, 2.05) is 36.4 Å². The van der Waals surface area contributed by atoms with Gasteiger partial charge in [-0.15, -0.1) is 0 Å². The standard InChI is InChI=1S/C21H16N6O2/c28-20(15-8-11-22-12-9-15)24-25-21(29)18-14-27(17-6-2-1-3-7-17)26-19(18)16-5-4-10-23-13-16/h1-14H,(H,24,28)(H,25,29). The number of rotatable bonds is 4. The minimum atomic E-state index is -0.492. The number of hydrazine groups is 1. The van der Waals surface area contributed by atoms with Gasteiger partial charge in [-0.3, -0.25) is 30.4 Å². The third-order valence-corrected chi connectivity index (χ3v) is 4.15. The zero-order valence-corrected chi connectivity index (χ0v) is 15.2. The molecule has 4 aromatic rings. The first kappa shape index (κ1) is 18.1. The van der Waals surface area contributed by atoms with Gasteiger partial charge < -0.3 is 0 Å². The molecule has 2 amide bonds. The van der Waals surface area contributed by atoms with Crippen LogP contribution >= 0.6 is 0 Å². The van der Waals surface area contributed by atoms with Gasteiger partial charge in [0.2, 0.25) is 0 Å². The number of carbonyl (C=O) groups excluding carboxylic acids is 2. The number of hydrogen-bond acceptors (Lipinski definition) is 5. The van der Waals surface area contributed by atoms with Crippen molar-refractivity contribution >= 4 is 11.8 Å². The average molecular weight is 384 g/mol. The number of nitrogens with zero attached hydrogens (tertiary/aromatic N) is 4. The van der Waals surface area contributed by atoms with Crippen LogP contribution in [0.15, 0.2) is 85.6 Å². The molecule has 1 aromatic carbocycles. The van der Waals surface area contributed by atoms with Crippen LogP contribution in [0.3, 0.4) is 0 Å². The molecule has 0 aliphatic heterocycles. The van der Waals surface area contributed by atoms with Gasteiger partial charge in [-0.1, -0.05) is 18.2 Å². The number of carbonyl (C=O) groups is 2. The molecule has 0 radical (unpaired) electrons. The number of nitrogens with one attached hydrogen (secondary N) is 2. The van der Waals surface area contributed by atoms with E-state index in [0.717, 1.165) is 5.69 Å². The van der Waals surface area contributed by atoms with Crippen molar-refractivity contribution in [2.24, 2.45) is 0 Å². The number of pyridine rings is 2. The molecule has 0 fully saturated rings. The minimum absolute atomic E-state index is 0.303. The van der Waals surface area contributed by atoms with Crippen molar-refractivity contribution in [3.63, 3.8) is 0 Å². The van der Waals surface area contributed by atoms with Crippen LogP contribution < -0.4 is 10.9 Å². The summed E-state index contributed by atoms with van der Waals surface area (Å²) in [6, 6.07) is 16.1. The Morgan fingerprint density at radius 1 is 0.793 bits per heavy atom. The Kier molecular flexibility index (Phi) is 5.06.